The number of hydrogen-bond acceptors (Lipinski definition) is 15. The summed E-state index contributed by atoms with van der Waals surface area (Å²) < 4.78 is 50.3. The third kappa shape index (κ3) is 9.13. The average Bonchev–Trinajstić information content (AvgIpc) is 3.13. The third-order valence-electron chi connectivity index (χ3n) is 3.78. The van der Waals surface area contributed by atoms with Crippen LogP contribution in [0.5, 0.6) is 0 Å². The predicted octanol–water partition coefficient (Wildman–Crippen LogP) is -4.96. The van der Waals surface area contributed by atoms with Gasteiger partial charge in [-0.15, -0.1) is 0 Å². The molecule has 3 heterocycles. The molecular weight excluding hydrogens is 562 g/mol. The molecule has 1 aliphatic heterocycles. The molecule has 177 valence electrons. The van der Waals surface area contributed by atoms with Crippen LogP contribution in [0.25, 0.3) is 11.2 Å². The van der Waals surface area contributed by atoms with Crippen molar-refractivity contribution in [1.82, 2.24) is 19.5 Å². The molecule has 2 aromatic rings. The van der Waals surface area contributed by atoms with Crippen LogP contribution in [0, 0.1) is 0 Å². The molecule has 4 N–H and O–H groups in total. The first-order valence-electron chi connectivity index (χ1n) is 7.84. The number of nitrogens with zero attached hydrogens (tertiary/aromatic N) is 3. The Hall–Kier alpha value is 1.64. The quantitative estimate of drug-likeness (QED) is 0.170. The summed E-state index contributed by atoms with van der Waals surface area (Å²) in [5, 5.41) is 20.3. The monoisotopic (exact) mass is 574 g/mol. The molecule has 0 aliphatic carbocycles. The molecule has 0 saturated carbocycles. The molecule has 0 aromatic carbocycles. The van der Waals surface area contributed by atoms with Crippen LogP contribution in [0.3, 0.4) is 0 Å². The number of phosphoric acid groups is 3. The van der Waals surface area contributed by atoms with Crippen LogP contribution in [0.1, 0.15) is 6.23 Å². The van der Waals surface area contributed by atoms with Crippen LogP contribution in [-0.4, -0.2) is 148 Å². The van der Waals surface area contributed by atoms with E-state index in [4.69, 9.17) is 9.63 Å². The number of nitrogens with one attached hydrogen (secondary N) is 1. The topological polar surface area (TPSA) is 282 Å². The maximum Gasteiger partial charge on any atom is 0.280 e. The third-order valence-corrected chi connectivity index (χ3v) is 7.47. The molecule has 0 spiro atoms. The fraction of sp³-hybridized carbons (Fsp3) is 0.500. The summed E-state index contributed by atoms with van der Waals surface area (Å²) in [6, 6.07) is 0. The molecule has 24 heteroatoms. The van der Waals surface area contributed by atoms with Crippen molar-refractivity contribution in [1.29, 1.82) is 0 Å². The summed E-state index contributed by atoms with van der Waals surface area (Å²) in [6.45, 7) is -1.09. The van der Waals surface area contributed by atoms with Gasteiger partial charge in [0.2, 0.25) is 0 Å². The van der Waals surface area contributed by atoms with E-state index in [1.165, 1.54) is 0 Å². The molecule has 1 saturated heterocycles. The first-order valence-corrected chi connectivity index (χ1v) is 12.3. The SMILES string of the molecule is O=c1[nH]cnc2c1ncn2[C@@H]1O[C@H](COP(=O)([O-])OP(=O)([O-])OP(=O)([O-])O)[C@@H](O)[C@H]1O.[Na].[Na].[Na]. The van der Waals surface area contributed by atoms with Crippen LogP contribution < -0.4 is 20.2 Å². The van der Waals surface area contributed by atoms with E-state index < -0.39 is 60.2 Å². The van der Waals surface area contributed by atoms with Gasteiger partial charge >= 0.3 is 0 Å². The molecule has 0 amide bonds. The average molecular weight is 574 g/mol. The summed E-state index contributed by atoms with van der Waals surface area (Å²) in [6.07, 6.45) is -4.31. The number of H-pyrrole nitrogens is 1. The Morgan fingerprint density at radius 3 is 2.26 bits per heavy atom. The van der Waals surface area contributed by atoms with E-state index in [1.54, 1.807) is 0 Å². The van der Waals surface area contributed by atoms with E-state index in [9.17, 15) is 43.4 Å². The van der Waals surface area contributed by atoms with Crippen molar-refractivity contribution in [2.24, 2.45) is 0 Å². The standard InChI is InChI=1S/C10H15N4O14P3.3Na/c15-6-4(1-25-30(21,22)28-31(23,24)27-29(18,19)20)26-10(7(6)16)14-3-13-5-8(14)11-2-12-9(5)17;;;/h2-4,6-7,10,15-16H,1H2,(H,21,22)(H,23,24)(H,11,12,17)(H2,18,19,20);;;/p-3/t4-,6-,7-,10-;;;/m1.../s1. The number of aliphatic hydroxyl groups excluding tert-OH is 2. The molecule has 34 heavy (non-hydrogen) atoms. The number of imidazole rings is 1. The molecule has 3 radical (unpaired) electrons. The van der Waals surface area contributed by atoms with Gasteiger partial charge in [-0.25, -0.2) is 18.6 Å². The Morgan fingerprint density at radius 2 is 1.68 bits per heavy atom. The molecule has 7 atom stereocenters. The van der Waals surface area contributed by atoms with Gasteiger partial charge in [0.15, 0.2) is 17.4 Å². The first kappa shape index (κ1) is 35.6. The van der Waals surface area contributed by atoms with Gasteiger partial charge in [-0.05, 0) is 0 Å². The molecular formula is C10H12N4Na3O14P3-3. The fourth-order valence-corrected chi connectivity index (χ4v) is 5.49. The number of aliphatic hydroxyl groups is 2. The van der Waals surface area contributed by atoms with Gasteiger partial charge in [-0.1, -0.05) is 0 Å². The van der Waals surface area contributed by atoms with Crippen LogP contribution in [-0.2, 0) is 31.6 Å². The van der Waals surface area contributed by atoms with Crippen LogP contribution >= 0.6 is 23.5 Å². The van der Waals surface area contributed by atoms with Crippen LogP contribution in [0.2, 0.25) is 0 Å². The summed E-state index contributed by atoms with van der Waals surface area (Å²) in [5.41, 5.74) is -0.749. The Bertz CT molecular complexity index is 1170. The van der Waals surface area contributed by atoms with Crippen molar-refractivity contribution in [2.75, 3.05) is 6.61 Å². The first-order chi connectivity index (χ1) is 14.2. The van der Waals surface area contributed by atoms with Crippen LogP contribution in [0.4, 0.5) is 0 Å². The van der Waals surface area contributed by atoms with Crippen molar-refractivity contribution >= 4 is 123 Å². The van der Waals surface area contributed by atoms with E-state index in [-0.39, 0.29) is 99.8 Å². The summed E-state index contributed by atoms with van der Waals surface area (Å²) in [4.78, 5) is 63.1. The molecule has 3 unspecified atom stereocenters. The zero-order valence-electron chi connectivity index (χ0n) is 17.7. The summed E-state index contributed by atoms with van der Waals surface area (Å²) >= 11 is 0. The molecule has 1 aliphatic rings. The van der Waals surface area contributed by atoms with E-state index in [1.807, 2.05) is 0 Å². The second-order valence-corrected chi connectivity index (χ2v) is 10.2. The van der Waals surface area contributed by atoms with Crippen molar-refractivity contribution in [3.63, 3.8) is 0 Å². The largest absolute Gasteiger partial charge is 0.756 e. The van der Waals surface area contributed by atoms with Crippen LogP contribution in [0.15, 0.2) is 17.4 Å². The van der Waals surface area contributed by atoms with Crippen molar-refractivity contribution in [3.8, 4) is 0 Å². The summed E-state index contributed by atoms with van der Waals surface area (Å²) in [5.74, 6) is 0. The minimum atomic E-state index is -6.09. The number of fused-ring (bicyclic) bond motifs is 1. The van der Waals surface area contributed by atoms with Crippen molar-refractivity contribution in [2.45, 2.75) is 24.5 Å². The Morgan fingerprint density at radius 1 is 1.06 bits per heavy atom. The maximum absolute atomic E-state index is 11.7. The summed E-state index contributed by atoms with van der Waals surface area (Å²) in [7, 11) is -17.8. The second kappa shape index (κ2) is 13.6. The van der Waals surface area contributed by atoms with Gasteiger partial charge in [-0.3, -0.25) is 23.1 Å². The van der Waals surface area contributed by atoms with Gasteiger partial charge < -0.3 is 44.0 Å². The number of rotatable bonds is 8. The number of aromatic amines is 1. The number of ether oxygens (including phenoxy) is 1. The van der Waals surface area contributed by atoms with Crippen molar-refractivity contribution in [3.05, 3.63) is 23.0 Å². The predicted molar refractivity (Wildman–Crippen MR) is 104 cm³/mol. The molecule has 1 fully saturated rings. The fourth-order valence-electron chi connectivity index (χ4n) is 2.60. The van der Waals surface area contributed by atoms with Gasteiger partial charge in [-0.2, -0.15) is 0 Å². The smallest absolute Gasteiger partial charge is 0.280 e. The van der Waals surface area contributed by atoms with E-state index in [2.05, 4.69) is 28.1 Å². The number of hydrogen-bond donors (Lipinski definition) is 4. The number of phosphoric ester groups is 1. The van der Waals surface area contributed by atoms with E-state index >= 15 is 0 Å². The molecule has 0 bridgehead atoms. The molecule has 3 rings (SSSR count). The van der Waals surface area contributed by atoms with Gasteiger partial charge in [0, 0.05) is 88.7 Å². The minimum Gasteiger partial charge on any atom is -0.756 e. The number of aromatic nitrogens is 4. The molecule has 2 aromatic heterocycles. The Kier molecular flexibility index (Phi) is 14.3. The molecule has 18 nitrogen and oxygen atoms in total. The minimum absolute atomic E-state index is 0. The zero-order chi connectivity index (χ0) is 23.2. The van der Waals surface area contributed by atoms with E-state index in [0.717, 1.165) is 17.2 Å². The Balaban J connectivity index is 0.00000363. The van der Waals surface area contributed by atoms with Gasteiger partial charge in [0.25, 0.3) is 29.0 Å². The second-order valence-electron chi connectivity index (χ2n) is 5.92. The van der Waals surface area contributed by atoms with E-state index in [0.29, 0.717) is 0 Å². The normalized spacial score (nSPS) is 27.4. The maximum atomic E-state index is 11.7. The van der Waals surface area contributed by atoms with Crippen molar-refractivity contribution < 1.29 is 61.4 Å². The van der Waals surface area contributed by atoms with Gasteiger partial charge in [0.05, 0.1) is 19.3 Å². The zero-order valence-corrected chi connectivity index (χ0v) is 26.4. The Labute approximate surface area is 255 Å². The van der Waals surface area contributed by atoms with Gasteiger partial charge in [0.1, 0.15) is 18.3 Å².